The Kier molecular flexibility index (Phi) is 6.87. The molecule has 0 saturated heterocycles. The van der Waals surface area contributed by atoms with Crippen molar-refractivity contribution >= 4 is 16.8 Å². The first-order valence-corrected chi connectivity index (χ1v) is 12.4. The molecule has 3 heterocycles. The predicted molar refractivity (Wildman–Crippen MR) is 139 cm³/mol. The largest absolute Gasteiger partial charge is 0.494 e. The number of alkyl halides is 3. The Morgan fingerprint density at radius 3 is 2.58 bits per heavy atom. The highest BCUT2D eigenvalue weighted by Gasteiger charge is 2.57. The molecule has 0 radical (unpaired) electrons. The van der Waals surface area contributed by atoms with E-state index < -0.39 is 35.7 Å². The first-order chi connectivity index (χ1) is 18.9. The number of benzene rings is 2. The van der Waals surface area contributed by atoms with Crippen LogP contribution in [0.3, 0.4) is 0 Å². The highest BCUT2D eigenvalue weighted by Crippen LogP contribution is 2.45. The summed E-state index contributed by atoms with van der Waals surface area (Å²) in [6.07, 6.45) is -3.59. The molecule has 7 nitrogen and oxygen atoms in total. The number of ether oxygens (including phenoxy) is 2. The van der Waals surface area contributed by atoms with Gasteiger partial charge in [0.1, 0.15) is 28.5 Å². The van der Waals surface area contributed by atoms with Crippen molar-refractivity contribution < 1.29 is 36.9 Å². The number of aromatic nitrogens is 2. The molecule has 2 N–H and O–H groups in total. The molecule has 2 atom stereocenters. The van der Waals surface area contributed by atoms with Crippen molar-refractivity contribution in [3.8, 4) is 22.8 Å². The monoisotopic (exact) mass is 555 g/mol. The van der Waals surface area contributed by atoms with Crippen LogP contribution in [0.25, 0.3) is 22.2 Å². The predicted octanol–water partition coefficient (Wildman–Crippen LogP) is 5.43. The Morgan fingerprint density at radius 2 is 1.90 bits per heavy atom. The molecular formula is C29H25F4N3O4. The number of pyridine rings is 2. The third-order valence-corrected chi connectivity index (χ3v) is 6.89. The second-order valence-electron chi connectivity index (χ2n) is 9.80. The summed E-state index contributed by atoms with van der Waals surface area (Å²) in [5.41, 5.74) is -2.17. The van der Waals surface area contributed by atoms with Gasteiger partial charge in [0.05, 0.1) is 26.0 Å². The number of aliphatic hydroxyl groups is 1. The lowest BCUT2D eigenvalue weighted by atomic mass is 9.92. The lowest BCUT2D eigenvalue weighted by Crippen LogP contribution is -2.51. The summed E-state index contributed by atoms with van der Waals surface area (Å²) in [5.74, 6) is -1.14. The van der Waals surface area contributed by atoms with Gasteiger partial charge in [-0.1, -0.05) is 6.92 Å². The molecule has 1 amide bonds. The van der Waals surface area contributed by atoms with Crippen molar-refractivity contribution in [2.75, 3.05) is 20.3 Å². The van der Waals surface area contributed by atoms with Gasteiger partial charge in [0.2, 0.25) is 5.60 Å². The molecule has 40 heavy (non-hydrogen) atoms. The standard InChI is InChI=1S/C29H25F4N3O4/c1-15-8-18-9-19(10-22(39-3)24(18)34-12-15)27(37)35-14-28(38,29(31,32)33)23-11-21-16(2)13-40-26(21)25(36-23)17-4-6-20(30)7-5-17/h4-12,16,38H,13-14H2,1-3H3,(H,35,37). The van der Waals surface area contributed by atoms with E-state index >= 15 is 0 Å². The first kappa shape index (κ1) is 27.3. The number of nitrogens with one attached hydrogen (secondary N) is 1. The SMILES string of the molecule is COc1cc(C(=O)NCC(O)(c2cc3c(c(-c4ccc(F)cc4)n2)OCC3C)C(F)(F)F)cc2cc(C)cnc12. The van der Waals surface area contributed by atoms with E-state index in [9.17, 15) is 27.5 Å². The van der Waals surface area contributed by atoms with Crippen LogP contribution in [0, 0.1) is 12.7 Å². The van der Waals surface area contributed by atoms with Crippen molar-refractivity contribution in [1.82, 2.24) is 15.3 Å². The summed E-state index contributed by atoms with van der Waals surface area (Å²) in [4.78, 5) is 21.5. The number of hydrogen-bond acceptors (Lipinski definition) is 6. The third-order valence-electron chi connectivity index (χ3n) is 6.89. The maximum absolute atomic E-state index is 14.5. The van der Waals surface area contributed by atoms with Crippen molar-refractivity contribution in [2.24, 2.45) is 0 Å². The number of rotatable bonds is 6. The number of hydrogen-bond donors (Lipinski definition) is 2. The molecular weight excluding hydrogens is 530 g/mol. The Balaban J connectivity index is 1.53. The molecule has 0 saturated carbocycles. The van der Waals surface area contributed by atoms with E-state index in [4.69, 9.17) is 9.47 Å². The number of fused-ring (bicyclic) bond motifs is 2. The average molecular weight is 556 g/mol. The number of halogens is 4. The Labute approximate surface area is 226 Å². The van der Waals surface area contributed by atoms with Crippen molar-refractivity contribution in [2.45, 2.75) is 31.5 Å². The van der Waals surface area contributed by atoms with Crippen LogP contribution in [0.15, 0.2) is 54.7 Å². The van der Waals surface area contributed by atoms with Gasteiger partial charge >= 0.3 is 6.18 Å². The summed E-state index contributed by atoms with van der Waals surface area (Å²) in [6.45, 7) is 2.56. The minimum Gasteiger partial charge on any atom is -0.494 e. The number of carbonyl (C=O) groups is 1. The van der Waals surface area contributed by atoms with E-state index in [2.05, 4.69) is 15.3 Å². The van der Waals surface area contributed by atoms with Gasteiger partial charge in [-0.3, -0.25) is 9.78 Å². The maximum atomic E-state index is 14.5. The summed E-state index contributed by atoms with van der Waals surface area (Å²) < 4.78 is 68.1. The highest BCUT2D eigenvalue weighted by molar-refractivity contribution is 6.00. The molecule has 0 bridgehead atoms. The van der Waals surface area contributed by atoms with Gasteiger partial charge < -0.3 is 19.9 Å². The Bertz CT molecular complexity index is 1610. The average Bonchev–Trinajstić information content (AvgIpc) is 3.30. The second-order valence-corrected chi connectivity index (χ2v) is 9.80. The van der Waals surface area contributed by atoms with Crippen molar-refractivity contribution in [3.63, 3.8) is 0 Å². The molecule has 1 aliphatic rings. The van der Waals surface area contributed by atoms with E-state index in [0.717, 1.165) is 23.8 Å². The second kappa shape index (κ2) is 10.1. The van der Waals surface area contributed by atoms with Gasteiger partial charge in [0.15, 0.2) is 0 Å². The van der Waals surface area contributed by atoms with E-state index in [1.54, 1.807) is 19.2 Å². The maximum Gasteiger partial charge on any atom is 0.424 e. The minimum atomic E-state index is -5.22. The van der Waals surface area contributed by atoms with Crippen molar-refractivity contribution in [3.05, 3.63) is 82.9 Å². The van der Waals surface area contributed by atoms with Gasteiger partial charge in [-0.05, 0) is 61.0 Å². The fourth-order valence-corrected chi connectivity index (χ4v) is 4.64. The summed E-state index contributed by atoms with van der Waals surface area (Å²) in [7, 11) is 1.39. The van der Waals surface area contributed by atoms with Crippen LogP contribution < -0.4 is 14.8 Å². The van der Waals surface area contributed by atoms with Gasteiger partial charge in [-0.15, -0.1) is 0 Å². The van der Waals surface area contributed by atoms with Crippen LogP contribution >= 0.6 is 0 Å². The van der Waals surface area contributed by atoms with E-state index in [0.29, 0.717) is 22.0 Å². The van der Waals surface area contributed by atoms with Gasteiger partial charge in [-0.2, -0.15) is 13.2 Å². The number of carbonyl (C=O) groups excluding carboxylic acids is 1. The van der Waals surface area contributed by atoms with Gasteiger partial charge in [0, 0.05) is 34.2 Å². The molecule has 5 rings (SSSR count). The lowest BCUT2D eigenvalue weighted by Gasteiger charge is -2.31. The van der Waals surface area contributed by atoms with Crippen LogP contribution in [0.4, 0.5) is 17.6 Å². The molecule has 2 aromatic heterocycles. The fourth-order valence-electron chi connectivity index (χ4n) is 4.64. The molecule has 208 valence electrons. The first-order valence-electron chi connectivity index (χ1n) is 12.4. The number of aryl methyl sites for hydroxylation is 1. The molecule has 1 aliphatic heterocycles. The van der Waals surface area contributed by atoms with Crippen LogP contribution in [0.2, 0.25) is 0 Å². The minimum absolute atomic E-state index is 0.0252. The van der Waals surface area contributed by atoms with Crippen LogP contribution in [0.1, 0.15) is 40.0 Å². The highest BCUT2D eigenvalue weighted by atomic mass is 19.4. The molecule has 0 spiro atoms. The van der Waals surface area contributed by atoms with E-state index in [1.165, 1.54) is 31.4 Å². The molecule has 4 aromatic rings. The Hall–Kier alpha value is -4.25. The van der Waals surface area contributed by atoms with Crippen molar-refractivity contribution in [1.29, 1.82) is 0 Å². The zero-order valence-corrected chi connectivity index (χ0v) is 21.8. The number of amides is 1. The van der Waals surface area contributed by atoms with Crippen LogP contribution in [-0.2, 0) is 5.60 Å². The smallest absolute Gasteiger partial charge is 0.424 e. The Morgan fingerprint density at radius 1 is 1.18 bits per heavy atom. The topological polar surface area (TPSA) is 93.6 Å². The summed E-state index contributed by atoms with van der Waals surface area (Å²) in [5, 5.41) is 13.9. The number of methoxy groups -OCH3 is 1. The molecule has 2 aromatic carbocycles. The third kappa shape index (κ3) is 4.81. The van der Waals surface area contributed by atoms with Crippen LogP contribution in [-0.4, -0.2) is 47.4 Å². The normalized spacial score (nSPS) is 16.2. The molecule has 0 fully saturated rings. The summed E-state index contributed by atoms with van der Waals surface area (Å²) >= 11 is 0. The molecule has 11 heteroatoms. The fraction of sp³-hybridized carbons (Fsp3) is 0.276. The summed E-state index contributed by atoms with van der Waals surface area (Å²) in [6, 6.07) is 10.8. The van der Waals surface area contributed by atoms with E-state index in [1.807, 2.05) is 6.92 Å². The zero-order valence-electron chi connectivity index (χ0n) is 21.8. The number of nitrogens with zero attached hydrogens (tertiary/aromatic N) is 2. The quantitative estimate of drug-likeness (QED) is 0.309. The zero-order chi connectivity index (χ0) is 28.8. The van der Waals surface area contributed by atoms with E-state index in [-0.39, 0.29) is 35.3 Å². The van der Waals surface area contributed by atoms with Gasteiger partial charge in [-0.25, -0.2) is 9.37 Å². The van der Waals surface area contributed by atoms with Crippen LogP contribution in [0.5, 0.6) is 11.5 Å². The molecule has 0 aliphatic carbocycles. The van der Waals surface area contributed by atoms with Gasteiger partial charge in [0.25, 0.3) is 5.91 Å². The lowest BCUT2D eigenvalue weighted by molar-refractivity contribution is -0.265. The molecule has 2 unspecified atom stereocenters.